The summed E-state index contributed by atoms with van der Waals surface area (Å²) in [7, 11) is 0. The zero-order chi connectivity index (χ0) is 13.1. The lowest BCUT2D eigenvalue weighted by Crippen LogP contribution is -2.30. The third-order valence-corrected chi connectivity index (χ3v) is 2.91. The number of hydrogen-bond acceptors (Lipinski definition) is 4. The normalized spacial score (nSPS) is 24.3. The molecular formula is C14H12ClNO3. The predicted octanol–water partition coefficient (Wildman–Crippen LogP) is 3.73. The zero-order valence-electron chi connectivity index (χ0n) is 9.98. The van der Waals surface area contributed by atoms with Gasteiger partial charge in [0.2, 0.25) is 12.6 Å². The van der Waals surface area contributed by atoms with Crippen LogP contribution in [-0.2, 0) is 14.4 Å². The molecular weight excluding hydrogens is 266 g/mol. The first-order valence-corrected chi connectivity index (χ1v) is 6.21. The van der Waals surface area contributed by atoms with Crippen LogP contribution in [0.3, 0.4) is 0 Å². The van der Waals surface area contributed by atoms with Crippen molar-refractivity contribution in [3.63, 3.8) is 0 Å². The summed E-state index contributed by atoms with van der Waals surface area (Å²) in [5.74, 6) is 0. The average molecular weight is 278 g/mol. The maximum absolute atomic E-state index is 5.81. The summed E-state index contributed by atoms with van der Waals surface area (Å²) < 4.78 is 6.58. The van der Waals surface area contributed by atoms with Crippen LogP contribution < -0.4 is 0 Å². The van der Waals surface area contributed by atoms with Crippen molar-refractivity contribution in [3.05, 3.63) is 71.8 Å². The van der Waals surface area contributed by atoms with Crippen LogP contribution in [0, 0.1) is 0 Å². The van der Waals surface area contributed by atoms with Crippen LogP contribution in [0.5, 0.6) is 0 Å². The smallest absolute Gasteiger partial charge is 0.210 e. The second kappa shape index (κ2) is 5.69. The van der Waals surface area contributed by atoms with Gasteiger partial charge in [-0.05, 0) is 0 Å². The van der Waals surface area contributed by atoms with Crippen molar-refractivity contribution in [2.24, 2.45) is 0 Å². The molecule has 5 heteroatoms. The molecule has 0 N–H and O–H groups in total. The molecule has 1 aliphatic rings. The Kier molecular flexibility index (Phi) is 3.77. The second-order valence-electron chi connectivity index (χ2n) is 4.04. The first kappa shape index (κ1) is 12.6. The van der Waals surface area contributed by atoms with E-state index < -0.39 is 12.6 Å². The van der Waals surface area contributed by atoms with E-state index in [1.54, 1.807) is 0 Å². The maximum atomic E-state index is 5.81. The lowest BCUT2D eigenvalue weighted by molar-refractivity contribution is -0.489. The molecule has 1 saturated heterocycles. The topological polar surface area (TPSA) is 30.9 Å². The van der Waals surface area contributed by atoms with Gasteiger partial charge in [-0.3, -0.25) is 0 Å². The van der Waals surface area contributed by atoms with Crippen molar-refractivity contribution in [3.8, 4) is 0 Å². The highest BCUT2D eigenvalue weighted by Crippen LogP contribution is 2.35. The lowest BCUT2D eigenvalue weighted by atomic mass is 10.2. The highest BCUT2D eigenvalue weighted by molar-refractivity contribution is 6.11. The Bertz CT molecular complexity index is 475. The summed E-state index contributed by atoms with van der Waals surface area (Å²) in [5.41, 5.74) is 1.75. The number of halogens is 1. The quantitative estimate of drug-likeness (QED) is 0.783. The van der Waals surface area contributed by atoms with E-state index >= 15 is 0 Å². The van der Waals surface area contributed by atoms with Crippen LogP contribution in [0.1, 0.15) is 23.7 Å². The van der Waals surface area contributed by atoms with Crippen molar-refractivity contribution >= 4 is 11.8 Å². The average Bonchev–Trinajstić information content (AvgIpc) is 2.48. The Morgan fingerprint density at radius 2 is 1.16 bits per heavy atom. The maximum Gasteiger partial charge on any atom is 0.210 e. The van der Waals surface area contributed by atoms with E-state index in [1.165, 1.54) is 0 Å². The van der Waals surface area contributed by atoms with Crippen LogP contribution in [0.2, 0.25) is 0 Å². The van der Waals surface area contributed by atoms with Gasteiger partial charge < -0.3 is 4.74 Å². The van der Waals surface area contributed by atoms with Crippen molar-refractivity contribution in [1.82, 2.24) is 4.75 Å². The van der Waals surface area contributed by atoms with E-state index in [2.05, 4.69) is 0 Å². The molecule has 1 heterocycles. The number of rotatable bonds is 2. The second-order valence-corrected chi connectivity index (χ2v) is 4.32. The highest BCUT2D eigenvalue weighted by atomic mass is 35.5. The molecule has 0 amide bonds. The Labute approximate surface area is 116 Å². The van der Waals surface area contributed by atoms with E-state index in [4.69, 9.17) is 26.2 Å². The van der Waals surface area contributed by atoms with Crippen LogP contribution in [0.4, 0.5) is 0 Å². The van der Waals surface area contributed by atoms with E-state index in [0.29, 0.717) is 0 Å². The molecule has 0 spiro atoms. The number of hydrogen-bond donors (Lipinski definition) is 0. The Morgan fingerprint density at radius 1 is 0.737 bits per heavy atom. The van der Waals surface area contributed by atoms with Crippen molar-refractivity contribution in [2.75, 3.05) is 0 Å². The molecule has 4 nitrogen and oxygen atoms in total. The number of benzene rings is 2. The van der Waals surface area contributed by atoms with Gasteiger partial charge in [0.25, 0.3) is 0 Å². The molecule has 3 rings (SSSR count). The molecule has 1 fully saturated rings. The molecule has 19 heavy (non-hydrogen) atoms. The monoisotopic (exact) mass is 277 g/mol. The minimum atomic E-state index is -0.599. The fourth-order valence-electron chi connectivity index (χ4n) is 1.84. The molecule has 0 bridgehead atoms. The summed E-state index contributed by atoms with van der Waals surface area (Å²) >= 11 is 5.81. The van der Waals surface area contributed by atoms with Crippen LogP contribution in [0.25, 0.3) is 0 Å². The highest BCUT2D eigenvalue weighted by Gasteiger charge is 2.31. The summed E-state index contributed by atoms with van der Waals surface area (Å²) in [4.78, 5) is 10.6. The van der Waals surface area contributed by atoms with Gasteiger partial charge in [0.1, 0.15) is 0 Å². The van der Waals surface area contributed by atoms with Gasteiger partial charge in [0, 0.05) is 27.6 Å². The Balaban J connectivity index is 1.82. The lowest BCUT2D eigenvalue weighted by Gasteiger charge is -2.33. The van der Waals surface area contributed by atoms with Gasteiger partial charge in [0.15, 0.2) is 0 Å². The molecule has 2 aromatic carbocycles. The van der Waals surface area contributed by atoms with Crippen molar-refractivity contribution in [1.29, 1.82) is 0 Å². The standard InChI is InChI=1S/C14H12ClNO3/c15-16-18-13(11-7-3-1-4-8-11)17-14(19-16)12-9-5-2-6-10-12/h1-10,13-14H. The predicted molar refractivity (Wildman–Crippen MR) is 69.3 cm³/mol. The summed E-state index contributed by atoms with van der Waals surface area (Å²) in [6, 6.07) is 19.1. The molecule has 2 unspecified atom stereocenters. The minimum absolute atomic E-state index is 0.599. The van der Waals surface area contributed by atoms with Crippen molar-refractivity contribution < 1.29 is 14.4 Å². The van der Waals surface area contributed by atoms with E-state index in [9.17, 15) is 0 Å². The largest absolute Gasteiger partial charge is 0.311 e. The van der Waals surface area contributed by atoms with Crippen LogP contribution in [-0.4, -0.2) is 4.75 Å². The molecule has 98 valence electrons. The molecule has 0 saturated carbocycles. The fourth-order valence-corrected chi connectivity index (χ4v) is 1.98. The molecule has 0 aliphatic carbocycles. The first-order valence-electron chi connectivity index (χ1n) is 5.88. The minimum Gasteiger partial charge on any atom is -0.311 e. The van der Waals surface area contributed by atoms with Crippen LogP contribution >= 0.6 is 11.8 Å². The van der Waals surface area contributed by atoms with E-state index in [-0.39, 0.29) is 0 Å². The van der Waals surface area contributed by atoms with Gasteiger partial charge in [-0.15, -0.1) is 0 Å². The third kappa shape index (κ3) is 2.94. The van der Waals surface area contributed by atoms with Gasteiger partial charge in [-0.2, -0.15) is 0 Å². The number of nitrogens with zero attached hydrogens (tertiary/aromatic N) is 1. The fraction of sp³-hybridized carbons (Fsp3) is 0.143. The SMILES string of the molecule is ClN1OC(c2ccccc2)OC(c2ccccc2)O1. The third-order valence-electron chi connectivity index (χ3n) is 2.75. The zero-order valence-corrected chi connectivity index (χ0v) is 10.7. The Hall–Kier alpha value is -1.43. The van der Waals surface area contributed by atoms with Crippen molar-refractivity contribution in [2.45, 2.75) is 12.6 Å². The molecule has 0 aromatic heterocycles. The summed E-state index contributed by atoms with van der Waals surface area (Å²) in [5, 5.41) is 0. The van der Waals surface area contributed by atoms with Gasteiger partial charge in [-0.25, -0.2) is 9.68 Å². The first-order chi connectivity index (χ1) is 9.33. The van der Waals surface area contributed by atoms with Gasteiger partial charge >= 0.3 is 0 Å². The molecule has 1 aliphatic heterocycles. The molecule has 2 atom stereocenters. The van der Waals surface area contributed by atoms with Gasteiger partial charge in [0.05, 0.1) is 0 Å². The summed E-state index contributed by atoms with van der Waals surface area (Å²) in [6.07, 6.45) is -1.20. The number of ether oxygens (including phenoxy) is 1. The van der Waals surface area contributed by atoms with Crippen LogP contribution in [0.15, 0.2) is 60.7 Å². The molecule has 0 radical (unpaired) electrons. The molecule has 2 aromatic rings. The van der Waals surface area contributed by atoms with E-state index in [1.807, 2.05) is 60.7 Å². The Morgan fingerprint density at radius 3 is 1.58 bits per heavy atom. The van der Waals surface area contributed by atoms with E-state index in [0.717, 1.165) is 15.9 Å². The summed E-state index contributed by atoms with van der Waals surface area (Å²) in [6.45, 7) is 0. The van der Waals surface area contributed by atoms with Gasteiger partial charge in [-0.1, -0.05) is 60.7 Å².